The van der Waals surface area contributed by atoms with Crippen molar-refractivity contribution >= 4 is 17.5 Å². The average molecular weight is 381 g/mol. The molecule has 0 bridgehead atoms. The van der Waals surface area contributed by atoms with Gasteiger partial charge in [-0.1, -0.05) is 48.0 Å². The van der Waals surface area contributed by atoms with Gasteiger partial charge in [-0.3, -0.25) is 14.5 Å². The Hall–Kier alpha value is -2.66. The number of aromatic nitrogens is 3. The van der Waals surface area contributed by atoms with Crippen LogP contribution >= 0.6 is 11.6 Å². The molecule has 0 aliphatic heterocycles. The maximum atomic E-state index is 13.2. The minimum Gasteiger partial charge on any atom is -0.332 e. The van der Waals surface area contributed by atoms with E-state index in [2.05, 4.69) is 22.2 Å². The summed E-state index contributed by atoms with van der Waals surface area (Å²) in [4.78, 5) is 19.3. The van der Waals surface area contributed by atoms with E-state index in [9.17, 15) is 4.79 Å². The number of rotatable bonds is 6. The number of aryl methyl sites for hydroxylation is 1. The van der Waals surface area contributed by atoms with Crippen molar-refractivity contribution in [1.82, 2.24) is 19.7 Å². The quantitative estimate of drug-likeness (QED) is 0.653. The van der Waals surface area contributed by atoms with Crippen LogP contribution in [0.1, 0.15) is 29.2 Å². The number of halogens is 1. The zero-order chi connectivity index (χ0) is 18.8. The van der Waals surface area contributed by atoms with Gasteiger partial charge in [0.25, 0.3) is 0 Å². The summed E-state index contributed by atoms with van der Waals surface area (Å²) < 4.78 is 1.67. The van der Waals surface area contributed by atoms with Gasteiger partial charge in [0.2, 0.25) is 5.91 Å². The second kappa shape index (κ2) is 7.53. The van der Waals surface area contributed by atoms with Crippen LogP contribution in [0.25, 0.3) is 0 Å². The fourth-order valence-corrected chi connectivity index (χ4v) is 3.73. The average Bonchev–Trinajstić information content (AvgIpc) is 3.42. The highest BCUT2D eigenvalue weighted by molar-refractivity contribution is 6.31. The molecule has 1 fully saturated rings. The lowest BCUT2D eigenvalue weighted by molar-refractivity contribution is -0.134. The molecule has 138 valence electrons. The number of carbonyl (C=O) groups is 1. The fourth-order valence-electron chi connectivity index (χ4n) is 3.49. The van der Waals surface area contributed by atoms with Crippen molar-refractivity contribution in [2.45, 2.75) is 25.4 Å². The predicted molar refractivity (Wildman–Crippen MR) is 104 cm³/mol. The molecular weight excluding hydrogens is 360 g/mol. The summed E-state index contributed by atoms with van der Waals surface area (Å²) in [5.41, 5.74) is 2.94. The molecule has 2 aromatic heterocycles. The molecule has 0 radical (unpaired) electrons. The molecule has 27 heavy (non-hydrogen) atoms. The second-order valence-corrected chi connectivity index (χ2v) is 7.42. The normalized spacial score (nSPS) is 18.3. The van der Waals surface area contributed by atoms with E-state index in [1.807, 2.05) is 42.3 Å². The van der Waals surface area contributed by atoms with Crippen molar-refractivity contribution in [3.8, 4) is 0 Å². The Morgan fingerprint density at radius 3 is 2.70 bits per heavy atom. The molecule has 5 nitrogen and oxygen atoms in total. The summed E-state index contributed by atoms with van der Waals surface area (Å²) in [6.45, 7) is 0.892. The van der Waals surface area contributed by atoms with Crippen molar-refractivity contribution in [3.05, 3.63) is 82.9 Å². The first-order valence-corrected chi connectivity index (χ1v) is 9.40. The van der Waals surface area contributed by atoms with Gasteiger partial charge in [0, 0.05) is 38.1 Å². The SMILES string of the molecule is Cn1cc(Cl)c(CN(Cc2cccnc2)C(=O)[C@@H]2C[C@H]2c2ccccc2)n1. The molecule has 6 heteroatoms. The standard InChI is InChI=1S/C21H21ClN4O/c1-25-13-19(22)20(24-25)14-26(12-15-6-5-9-23-11-15)21(27)18-10-17(18)16-7-3-2-4-8-16/h2-9,11,13,17-18H,10,12,14H2,1H3/t17-,18+/m0/s1. The highest BCUT2D eigenvalue weighted by Crippen LogP contribution is 2.48. The summed E-state index contributed by atoms with van der Waals surface area (Å²) in [6.07, 6.45) is 6.18. The van der Waals surface area contributed by atoms with Gasteiger partial charge in [0.1, 0.15) is 5.69 Å². The van der Waals surface area contributed by atoms with Gasteiger partial charge in [0.05, 0.1) is 11.6 Å². The van der Waals surface area contributed by atoms with Crippen LogP contribution in [0, 0.1) is 5.92 Å². The van der Waals surface area contributed by atoms with E-state index in [1.165, 1.54) is 5.56 Å². The van der Waals surface area contributed by atoms with Crippen molar-refractivity contribution in [2.75, 3.05) is 0 Å². The summed E-state index contributed by atoms with van der Waals surface area (Å²) >= 11 is 6.28. The van der Waals surface area contributed by atoms with E-state index in [4.69, 9.17) is 11.6 Å². The summed E-state index contributed by atoms with van der Waals surface area (Å²) in [5.74, 6) is 0.468. The van der Waals surface area contributed by atoms with Crippen molar-refractivity contribution in [3.63, 3.8) is 0 Å². The fraction of sp³-hybridized carbons (Fsp3) is 0.286. The Labute approximate surface area is 163 Å². The second-order valence-electron chi connectivity index (χ2n) is 7.01. The van der Waals surface area contributed by atoms with Crippen LogP contribution in [0.5, 0.6) is 0 Å². The largest absolute Gasteiger partial charge is 0.332 e. The van der Waals surface area contributed by atoms with Gasteiger partial charge < -0.3 is 4.90 Å². The van der Waals surface area contributed by atoms with Crippen LogP contribution in [0.15, 0.2) is 61.1 Å². The van der Waals surface area contributed by atoms with E-state index in [1.54, 1.807) is 23.3 Å². The number of hydrogen-bond donors (Lipinski definition) is 0. The molecule has 3 aromatic rings. The predicted octanol–water partition coefficient (Wildman–Crippen LogP) is 3.80. The lowest BCUT2D eigenvalue weighted by atomic mass is 10.1. The third kappa shape index (κ3) is 4.03. The van der Waals surface area contributed by atoms with Gasteiger partial charge in [0.15, 0.2) is 0 Å². The van der Waals surface area contributed by atoms with Gasteiger partial charge in [-0.2, -0.15) is 5.10 Å². The monoisotopic (exact) mass is 380 g/mol. The molecule has 1 aliphatic carbocycles. The van der Waals surface area contributed by atoms with E-state index in [0.717, 1.165) is 12.0 Å². The third-order valence-electron chi connectivity index (χ3n) is 4.94. The Kier molecular flexibility index (Phi) is 4.94. The van der Waals surface area contributed by atoms with Gasteiger partial charge >= 0.3 is 0 Å². The molecule has 1 saturated carbocycles. The molecule has 1 amide bonds. The first-order chi connectivity index (χ1) is 13.1. The summed E-state index contributed by atoms with van der Waals surface area (Å²) in [6, 6.07) is 14.1. The van der Waals surface area contributed by atoms with Crippen LogP contribution in [0.3, 0.4) is 0 Å². The van der Waals surface area contributed by atoms with Crippen LogP contribution in [-0.4, -0.2) is 25.6 Å². The molecule has 0 N–H and O–H groups in total. The van der Waals surface area contributed by atoms with Gasteiger partial charge in [-0.15, -0.1) is 0 Å². The third-order valence-corrected chi connectivity index (χ3v) is 5.25. The number of amides is 1. The molecular formula is C21H21ClN4O. The number of benzene rings is 1. The lowest BCUT2D eigenvalue weighted by Gasteiger charge is -2.22. The summed E-state index contributed by atoms with van der Waals surface area (Å²) in [7, 11) is 1.83. The van der Waals surface area contributed by atoms with Crippen molar-refractivity contribution in [2.24, 2.45) is 13.0 Å². The molecule has 4 rings (SSSR count). The van der Waals surface area contributed by atoms with Crippen LogP contribution in [-0.2, 0) is 24.9 Å². The van der Waals surface area contributed by atoms with Crippen molar-refractivity contribution in [1.29, 1.82) is 0 Å². The van der Waals surface area contributed by atoms with E-state index in [-0.39, 0.29) is 11.8 Å². The molecule has 1 aliphatic rings. The summed E-state index contributed by atoms with van der Waals surface area (Å²) in [5, 5.41) is 4.99. The topological polar surface area (TPSA) is 51.0 Å². The number of pyridine rings is 1. The van der Waals surface area contributed by atoms with E-state index >= 15 is 0 Å². The highest BCUT2D eigenvalue weighted by Gasteiger charge is 2.45. The Balaban J connectivity index is 1.54. The van der Waals surface area contributed by atoms with Crippen LogP contribution in [0.4, 0.5) is 0 Å². The minimum absolute atomic E-state index is 0.0200. The maximum Gasteiger partial charge on any atom is 0.226 e. The van der Waals surface area contributed by atoms with Crippen molar-refractivity contribution < 1.29 is 4.79 Å². The zero-order valence-corrected chi connectivity index (χ0v) is 15.9. The van der Waals surface area contributed by atoms with E-state index < -0.39 is 0 Å². The maximum absolute atomic E-state index is 13.2. The first kappa shape index (κ1) is 17.7. The number of nitrogens with zero attached hydrogens (tertiary/aromatic N) is 4. The molecule has 0 saturated heterocycles. The Morgan fingerprint density at radius 1 is 1.22 bits per heavy atom. The molecule has 1 aromatic carbocycles. The van der Waals surface area contributed by atoms with Gasteiger partial charge in [-0.05, 0) is 29.5 Å². The van der Waals surface area contributed by atoms with Crippen LogP contribution < -0.4 is 0 Å². The number of carbonyl (C=O) groups excluding carboxylic acids is 1. The van der Waals surface area contributed by atoms with Gasteiger partial charge in [-0.25, -0.2) is 0 Å². The Morgan fingerprint density at radius 2 is 2.04 bits per heavy atom. The highest BCUT2D eigenvalue weighted by atomic mass is 35.5. The molecule has 0 spiro atoms. The van der Waals surface area contributed by atoms with E-state index in [0.29, 0.717) is 29.7 Å². The first-order valence-electron chi connectivity index (χ1n) is 9.02. The van der Waals surface area contributed by atoms with Crippen LogP contribution in [0.2, 0.25) is 5.02 Å². The smallest absolute Gasteiger partial charge is 0.226 e. The Bertz CT molecular complexity index is 926. The minimum atomic E-state index is 0.0200. The molecule has 2 atom stereocenters. The lowest BCUT2D eigenvalue weighted by Crippen LogP contribution is -2.32. The molecule has 0 unspecified atom stereocenters. The molecule has 2 heterocycles. The number of hydrogen-bond acceptors (Lipinski definition) is 3. The zero-order valence-electron chi connectivity index (χ0n) is 15.1.